The summed E-state index contributed by atoms with van der Waals surface area (Å²) < 4.78 is 13.0. The highest BCUT2D eigenvalue weighted by atomic mass is 19.1. The molecule has 1 amide bonds. The number of nitrogens with zero attached hydrogens (tertiary/aromatic N) is 4. The summed E-state index contributed by atoms with van der Waals surface area (Å²) in [4.78, 5) is 23.8. The molecule has 1 aromatic heterocycles. The molecule has 2 heterocycles. The first-order valence-electron chi connectivity index (χ1n) is 8.91. The predicted molar refractivity (Wildman–Crippen MR) is 101 cm³/mol. The van der Waals surface area contributed by atoms with E-state index in [0.29, 0.717) is 32.1 Å². The van der Waals surface area contributed by atoms with E-state index in [9.17, 15) is 14.3 Å². The van der Waals surface area contributed by atoms with E-state index in [1.807, 2.05) is 17.1 Å². The number of halogens is 1. The van der Waals surface area contributed by atoms with E-state index in [4.69, 9.17) is 5.21 Å². The number of benzene rings is 1. The molecule has 1 atom stereocenters. The number of aromatic nitrogens is 2. The molecular formula is C19H22FN5O3. The number of aliphatic hydroxyl groups is 1. The average molecular weight is 387 g/mol. The zero-order chi connectivity index (χ0) is 19.9. The van der Waals surface area contributed by atoms with Gasteiger partial charge in [-0.2, -0.15) is 0 Å². The summed E-state index contributed by atoms with van der Waals surface area (Å²) in [6.45, 7) is 2.75. The van der Waals surface area contributed by atoms with E-state index >= 15 is 0 Å². The van der Waals surface area contributed by atoms with Gasteiger partial charge in [0.25, 0.3) is 5.91 Å². The Labute approximate surface area is 161 Å². The molecule has 3 N–H and O–H groups in total. The Bertz CT molecular complexity index is 805. The third kappa shape index (κ3) is 4.89. The fraction of sp³-hybridized carbons (Fsp3) is 0.316. The van der Waals surface area contributed by atoms with Crippen LogP contribution in [0.3, 0.4) is 0 Å². The van der Waals surface area contributed by atoms with Gasteiger partial charge in [0, 0.05) is 38.6 Å². The topological polar surface area (TPSA) is 102 Å². The zero-order valence-corrected chi connectivity index (χ0v) is 15.2. The van der Waals surface area contributed by atoms with E-state index in [1.165, 1.54) is 24.5 Å². The molecule has 28 heavy (non-hydrogen) atoms. The minimum absolute atomic E-state index is 0.0147. The van der Waals surface area contributed by atoms with Crippen molar-refractivity contribution in [2.24, 2.45) is 0 Å². The molecule has 0 saturated carbocycles. The molecule has 0 radical (unpaired) electrons. The first-order chi connectivity index (χ1) is 13.6. The predicted octanol–water partition coefficient (Wildman–Crippen LogP) is 0.931. The molecule has 1 aliphatic heterocycles. The third-order valence-electron chi connectivity index (χ3n) is 4.64. The van der Waals surface area contributed by atoms with E-state index in [-0.39, 0.29) is 24.0 Å². The van der Waals surface area contributed by atoms with Crippen molar-refractivity contribution in [2.45, 2.75) is 6.04 Å². The maximum absolute atomic E-state index is 13.0. The van der Waals surface area contributed by atoms with Crippen molar-refractivity contribution >= 4 is 17.9 Å². The Balaban J connectivity index is 1.57. The monoisotopic (exact) mass is 387 g/mol. The van der Waals surface area contributed by atoms with Crippen LogP contribution >= 0.6 is 0 Å². The molecule has 0 bridgehead atoms. The first-order valence-corrected chi connectivity index (χ1v) is 8.91. The van der Waals surface area contributed by atoms with Gasteiger partial charge in [0.05, 0.1) is 18.2 Å². The van der Waals surface area contributed by atoms with Crippen LogP contribution in [0.5, 0.6) is 0 Å². The van der Waals surface area contributed by atoms with Crippen LogP contribution in [0, 0.1) is 5.82 Å². The molecule has 1 saturated heterocycles. The normalized spacial score (nSPS) is 16.3. The number of amides is 1. The Morgan fingerprint density at radius 2 is 1.82 bits per heavy atom. The fourth-order valence-corrected chi connectivity index (χ4v) is 3.01. The molecule has 148 valence electrons. The van der Waals surface area contributed by atoms with Crippen molar-refractivity contribution in [2.75, 3.05) is 37.7 Å². The van der Waals surface area contributed by atoms with Crippen molar-refractivity contribution in [3.63, 3.8) is 0 Å². The second-order valence-electron chi connectivity index (χ2n) is 6.40. The average Bonchev–Trinajstić information content (AvgIpc) is 2.75. The van der Waals surface area contributed by atoms with E-state index in [0.717, 1.165) is 5.56 Å². The molecular weight excluding hydrogens is 365 g/mol. The number of nitrogens with one attached hydrogen (secondary N) is 1. The summed E-state index contributed by atoms with van der Waals surface area (Å²) in [5, 5.41) is 18.4. The number of aliphatic hydroxyl groups excluding tert-OH is 1. The molecule has 0 spiro atoms. The number of hydroxylamine groups is 1. The Hall–Kier alpha value is -2.88. The number of hydrogen-bond acceptors (Lipinski definition) is 7. The summed E-state index contributed by atoms with van der Waals surface area (Å²) in [5.41, 5.74) is 2.59. The largest absolute Gasteiger partial charge is 0.394 e. The van der Waals surface area contributed by atoms with Crippen molar-refractivity contribution < 1.29 is 19.5 Å². The van der Waals surface area contributed by atoms with Crippen LogP contribution in [-0.2, 0) is 0 Å². The van der Waals surface area contributed by atoms with Crippen molar-refractivity contribution in [1.82, 2.24) is 20.3 Å². The van der Waals surface area contributed by atoms with Crippen LogP contribution in [0.25, 0.3) is 6.08 Å². The second-order valence-corrected chi connectivity index (χ2v) is 6.40. The van der Waals surface area contributed by atoms with Crippen LogP contribution in [0.15, 0.2) is 42.7 Å². The smallest absolute Gasteiger partial charge is 0.277 e. The van der Waals surface area contributed by atoms with Crippen molar-refractivity contribution in [1.29, 1.82) is 0 Å². The number of piperazine rings is 1. The van der Waals surface area contributed by atoms with Gasteiger partial charge in [-0.05, 0) is 17.7 Å². The third-order valence-corrected chi connectivity index (χ3v) is 4.64. The fourth-order valence-electron chi connectivity index (χ4n) is 3.01. The maximum Gasteiger partial charge on any atom is 0.277 e. The van der Waals surface area contributed by atoms with Gasteiger partial charge in [0.2, 0.25) is 5.95 Å². The van der Waals surface area contributed by atoms with Crippen molar-refractivity contribution in [3.8, 4) is 0 Å². The van der Waals surface area contributed by atoms with Crippen molar-refractivity contribution in [3.05, 3.63) is 59.7 Å². The Morgan fingerprint density at radius 3 is 2.39 bits per heavy atom. The van der Waals surface area contributed by atoms with Crippen LogP contribution in [0.4, 0.5) is 10.3 Å². The highest BCUT2D eigenvalue weighted by Gasteiger charge is 2.23. The lowest BCUT2D eigenvalue weighted by atomic mass is 10.1. The van der Waals surface area contributed by atoms with E-state index in [1.54, 1.807) is 17.6 Å². The molecule has 2 aromatic rings. The molecule has 9 heteroatoms. The lowest BCUT2D eigenvalue weighted by Crippen LogP contribution is -2.51. The maximum atomic E-state index is 13.0. The van der Waals surface area contributed by atoms with Gasteiger partial charge in [-0.1, -0.05) is 24.3 Å². The highest BCUT2D eigenvalue weighted by molar-refractivity contribution is 5.92. The number of rotatable bonds is 6. The SMILES string of the molecule is O=C(NO)c1cnc(N2CCN([C@H](C=Cc3ccc(F)cc3)CO)CC2)nc1. The highest BCUT2D eigenvalue weighted by Crippen LogP contribution is 2.14. The number of hydrogen-bond donors (Lipinski definition) is 3. The minimum Gasteiger partial charge on any atom is -0.394 e. The number of carbonyl (C=O) groups is 1. The van der Waals surface area contributed by atoms with Crippen LogP contribution in [0.1, 0.15) is 15.9 Å². The van der Waals surface area contributed by atoms with Gasteiger partial charge in [0.15, 0.2) is 0 Å². The van der Waals surface area contributed by atoms with Crippen LogP contribution < -0.4 is 10.4 Å². The van der Waals surface area contributed by atoms with Gasteiger partial charge in [-0.25, -0.2) is 19.8 Å². The standard InChI is InChI=1S/C19H22FN5O3/c20-16-4-1-14(2-5-16)3-6-17(13-26)24-7-9-25(10-8-24)19-21-11-15(12-22-19)18(27)23-28/h1-6,11-12,17,26,28H,7-10,13H2,(H,23,27)/t17-/m1/s1. The van der Waals surface area contributed by atoms with Gasteiger partial charge in [0.1, 0.15) is 5.82 Å². The summed E-state index contributed by atoms with van der Waals surface area (Å²) in [6.07, 6.45) is 6.52. The molecule has 1 fully saturated rings. The summed E-state index contributed by atoms with van der Waals surface area (Å²) in [5.74, 6) is -0.425. The van der Waals surface area contributed by atoms with Gasteiger partial charge >= 0.3 is 0 Å². The van der Waals surface area contributed by atoms with Gasteiger partial charge in [-0.3, -0.25) is 14.9 Å². The molecule has 3 rings (SSSR count). The summed E-state index contributed by atoms with van der Waals surface area (Å²) >= 11 is 0. The van der Waals surface area contributed by atoms with E-state index in [2.05, 4.69) is 14.9 Å². The zero-order valence-electron chi connectivity index (χ0n) is 15.2. The van der Waals surface area contributed by atoms with Gasteiger partial charge in [-0.15, -0.1) is 0 Å². The molecule has 0 aliphatic carbocycles. The lowest BCUT2D eigenvalue weighted by Gasteiger charge is -2.37. The summed E-state index contributed by atoms with van der Waals surface area (Å²) in [7, 11) is 0. The molecule has 1 aromatic carbocycles. The lowest BCUT2D eigenvalue weighted by molar-refractivity contribution is 0.0705. The van der Waals surface area contributed by atoms with Crippen LogP contribution in [-0.4, -0.2) is 69.9 Å². The second kappa shape index (κ2) is 9.36. The van der Waals surface area contributed by atoms with Gasteiger partial charge < -0.3 is 10.0 Å². The first kappa shape index (κ1) is 19.9. The number of carbonyl (C=O) groups excluding carboxylic acids is 1. The van der Waals surface area contributed by atoms with E-state index < -0.39 is 5.91 Å². The minimum atomic E-state index is -0.657. The quantitative estimate of drug-likeness (QED) is 0.501. The molecule has 0 unspecified atom stereocenters. The number of anilines is 1. The Kier molecular flexibility index (Phi) is 6.64. The Morgan fingerprint density at radius 1 is 1.18 bits per heavy atom. The van der Waals surface area contributed by atoms with Crippen LogP contribution in [0.2, 0.25) is 0 Å². The molecule has 8 nitrogen and oxygen atoms in total. The molecule has 1 aliphatic rings. The summed E-state index contributed by atoms with van der Waals surface area (Å²) in [6, 6.07) is 6.06.